The molecule has 0 radical (unpaired) electrons. The normalized spacial score (nSPS) is 14.8. The monoisotopic (exact) mass is 363 g/mol. The Kier molecular flexibility index (Phi) is 6.45. The van der Waals surface area contributed by atoms with Crippen LogP contribution in [0.25, 0.3) is 0 Å². The molecule has 27 heavy (non-hydrogen) atoms. The van der Waals surface area contributed by atoms with Gasteiger partial charge < -0.3 is 9.64 Å². The predicted octanol–water partition coefficient (Wildman–Crippen LogP) is 3.17. The number of piperidine rings is 1. The lowest BCUT2D eigenvalue weighted by molar-refractivity contribution is 0.0633. The molecule has 140 valence electrons. The number of carbonyl (C=O) groups excluding carboxylic acids is 1. The number of hydrogen-bond acceptors (Lipinski definition) is 4. The van der Waals surface area contributed by atoms with Gasteiger partial charge in [-0.15, -0.1) is 0 Å². The van der Waals surface area contributed by atoms with Crippen molar-refractivity contribution in [1.29, 1.82) is 5.26 Å². The van der Waals surface area contributed by atoms with Crippen LogP contribution in [0, 0.1) is 11.3 Å². The first kappa shape index (κ1) is 18.9. The summed E-state index contributed by atoms with van der Waals surface area (Å²) < 4.78 is 5.78. The minimum atomic E-state index is 0.119. The van der Waals surface area contributed by atoms with E-state index in [1.165, 1.54) is 0 Å². The molecule has 0 aromatic heterocycles. The average Bonchev–Trinajstić information content (AvgIpc) is 2.74. The zero-order chi connectivity index (χ0) is 19.1. The van der Waals surface area contributed by atoms with Crippen LogP contribution >= 0.6 is 0 Å². The van der Waals surface area contributed by atoms with E-state index in [-0.39, 0.29) is 5.91 Å². The molecule has 1 amide bonds. The van der Waals surface area contributed by atoms with Crippen molar-refractivity contribution < 1.29 is 9.53 Å². The van der Waals surface area contributed by atoms with Gasteiger partial charge in [0.15, 0.2) is 0 Å². The SMILES string of the molecule is CN(CCOc1ccccc1C#N)C1CCN(C(=O)c2ccccc2)CC1. The number of nitrogens with zero attached hydrogens (tertiary/aromatic N) is 3. The molecule has 0 aliphatic carbocycles. The van der Waals surface area contributed by atoms with E-state index in [0.29, 0.717) is 24.0 Å². The highest BCUT2D eigenvalue weighted by Gasteiger charge is 2.25. The fraction of sp³-hybridized carbons (Fsp3) is 0.364. The molecule has 0 unspecified atom stereocenters. The molecule has 5 heteroatoms. The first-order chi connectivity index (χ1) is 13.2. The van der Waals surface area contributed by atoms with E-state index in [9.17, 15) is 4.79 Å². The van der Waals surface area contributed by atoms with E-state index in [1.54, 1.807) is 6.07 Å². The van der Waals surface area contributed by atoms with Gasteiger partial charge in [0.05, 0.1) is 5.56 Å². The van der Waals surface area contributed by atoms with Crippen LogP contribution in [-0.2, 0) is 0 Å². The zero-order valence-corrected chi connectivity index (χ0v) is 15.7. The maximum Gasteiger partial charge on any atom is 0.253 e. The van der Waals surface area contributed by atoms with Crippen LogP contribution in [0.1, 0.15) is 28.8 Å². The van der Waals surface area contributed by atoms with E-state index in [2.05, 4.69) is 18.0 Å². The fourth-order valence-corrected chi connectivity index (χ4v) is 3.44. The first-order valence-corrected chi connectivity index (χ1v) is 9.35. The van der Waals surface area contributed by atoms with E-state index < -0.39 is 0 Å². The topological polar surface area (TPSA) is 56.6 Å². The molecule has 5 nitrogen and oxygen atoms in total. The highest BCUT2D eigenvalue weighted by molar-refractivity contribution is 5.94. The second-order valence-corrected chi connectivity index (χ2v) is 6.83. The summed E-state index contributed by atoms with van der Waals surface area (Å²) >= 11 is 0. The number of rotatable bonds is 6. The summed E-state index contributed by atoms with van der Waals surface area (Å²) in [6.07, 6.45) is 1.92. The highest BCUT2D eigenvalue weighted by atomic mass is 16.5. The standard InChI is InChI=1S/C22H25N3O2/c1-24(15-16-27-21-10-6-5-9-19(21)17-23)20-11-13-25(14-12-20)22(26)18-7-3-2-4-8-18/h2-10,20H,11-16H2,1H3. The van der Waals surface area contributed by atoms with E-state index in [0.717, 1.165) is 38.0 Å². The Morgan fingerprint density at radius 1 is 1.15 bits per heavy atom. The maximum absolute atomic E-state index is 12.5. The van der Waals surface area contributed by atoms with Gasteiger partial charge in [-0.3, -0.25) is 9.69 Å². The number of carbonyl (C=O) groups is 1. The third kappa shape index (κ3) is 4.87. The van der Waals surface area contributed by atoms with Crippen molar-refractivity contribution in [3.8, 4) is 11.8 Å². The number of para-hydroxylation sites is 1. The van der Waals surface area contributed by atoms with Gasteiger partial charge in [-0.25, -0.2) is 0 Å². The lowest BCUT2D eigenvalue weighted by Gasteiger charge is -2.36. The molecule has 2 aromatic carbocycles. The number of nitriles is 1. The van der Waals surface area contributed by atoms with Crippen LogP contribution in [0.5, 0.6) is 5.75 Å². The first-order valence-electron chi connectivity index (χ1n) is 9.35. The third-order valence-electron chi connectivity index (χ3n) is 5.10. The van der Waals surface area contributed by atoms with Crippen molar-refractivity contribution >= 4 is 5.91 Å². The number of likely N-dealkylation sites (tertiary alicyclic amines) is 1. The van der Waals surface area contributed by atoms with E-state index >= 15 is 0 Å². The fourth-order valence-electron chi connectivity index (χ4n) is 3.44. The lowest BCUT2D eigenvalue weighted by Crippen LogP contribution is -2.46. The number of ether oxygens (including phenoxy) is 1. The van der Waals surface area contributed by atoms with Crippen LogP contribution in [0.2, 0.25) is 0 Å². The summed E-state index contributed by atoms with van der Waals surface area (Å²) in [4.78, 5) is 16.8. The summed E-state index contributed by atoms with van der Waals surface area (Å²) in [6.45, 7) is 2.89. The van der Waals surface area contributed by atoms with Crippen LogP contribution in [0.3, 0.4) is 0 Å². The number of hydrogen-bond donors (Lipinski definition) is 0. The Hall–Kier alpha value is -2.84. The number of amides is 1. The van der Waals surface area contributed by atoms with Crippen molar-refractivity contribution in [3.05, 3.63) is 65.7 Å². The Morgan fingerprint density at radius 3 is 2.52 bits per heavy atom. The Labute approximate surface area is 160 Å². The molecule has 0 saturated carbocycles. The Bertz CT molecular complexity index is 793. The van der Waals surface area contributed by atoms with Crippen LogP contribution in [0.15, 0.2) is 54.6 Å². The molecule has 1 heterocycles. The van der Waals surface area contributed by atoms with Crippen LogP contribution in [0.4, 0.5) is 0 Å². The summed E-state index contributed by atoms with van der Waals surface area (Å²) in [5, 5.41) is 9.11. The quantitative estimate of drug-likeness (QED) is 0.791. The predicted molar refractivity (Wildman–Crippen MR) is 105 cm³/mol. The van der Waals surface area contributed by atoms with E-state index in [4.69, 9.17) is 10.00 Å². The average molecular weight is 363 g/mol. The maximum atomic E-state index is 12.5. The summed E-state index contributed by atoms with van der Waals surface area (Å²) in [5.74, 6) is 0.754. The van der Waals surface area contributed by atoms with Gasteiger partial charge in [0, 0.05) is 31.2 Å². The summed E-state index contributed by atoms with van der Waals surface area (Å²) in [6, 6.07) is 19.4. The second kappa shape index (κ2) is 9.20. The smallest absolute Gasteiger partial charge is 0.253 e. The van der Waals surface area contributed by atoms with Crippen molar-refractivity contribution in [2.45, 2.75) is 18.9 Å². The molecule has 0 bridgehead atoms. The molecule has 3 rings (SSSR count). The second-order valence-electron chi connectivity index (χ2n) is 6.83. The third-order valence-corrected chi connectivity index (χ3v) is 5.10. The highest BCUT2D eigenvalue weighted by Crippen LogP contribution is 2.19. The molecular formula is C22H25N3O2. The van der Waals surface area contributed by atoms with Crippen LogP contribution in [-0.4, -0.2) is 55.0 Å². The molecule has 0 spiro atoms. The van der Waals surface area contributed by atoms with Crippen molar-refractivity contribution in [1.82, 2.24) is 9.80 Å². The Balaban J connectivity index is 1.44. The molecule has 1 saturated heterocycles. The molecule has 2 aromatic rings. The molecule has 1 aliphatic rings. The van der Waals surface area contributed by atoms with Crippen molar-refractivity contribution in [3.63, 3.8) is 0 Å². The summed E-state index contributed by atoms with van der Waals surface area (Å²) in [7, 11) is 2.10. The van der Waals surface area contributed by atoms with Crippen LogP contribution < -0.4 is 4.74 Å². The van der Waals surface area contributed by atoms with Gasteiger partial charge >= 0.3 is 0 Å². The van der Waals surface area contributed by atoms with E-state index in [1.807, 2.05) is 53.4 Å². The molecule has 0 atom stereocenters. The van der Waals surface area contributed by atoms with Gasteiger partial charge in [-0.05, 0) is 44.2 Å². The Morgan fingerprint density at radius 2 is 1.81 bits per heavy atom. The van der Waals surface area contributed by atoms with Gasteiger partial charge in [0.25, 0.3) is 5.91 Å². The lowest BCUT2D eigenvalue weighted by atomic mass is 10.0. The largest absolute Gasteiger partial charge is 0.491 e. The molecule has 1 fully saturated rings. The molecule has 1 aliphatic heterocycles. The summed E-state index contributed by atoms with van der Waals surface area (Å²) in [5.41, 5.74) is 1.32. The van der Waals surface area contributed by atoms with Gasteiger partial charge in [-0.1, -0.05) is 30.3 Å². The molecule has 0 N–H and O–H groups in total. The van der Waals surface area contributed by atoms with Crippen molar-refractivity contribution in [2.75, 3.05) is 33.3 Å². The van der Waals surface area contributed by atoms with Gasteiger partial charge in [0.1, 0.15) is 18.4 Å². The minimum absolute atomic E-state index is 0.119. The van der Waals surface area contributed by atoms with Crippen molar-refractivity contribution in [2.24, 2.45) is 0 Å². The van der Waals surface area contributed by atoms with Gasteiger partial charge in [0.2, 0.25) is 0 Å². The molecular weight excluding hydrogens is 338 g/mol. The van der Waals surface area contributed by atoms with Gasteiger partial charge in [-0.2, -0.15) is 5.26 Å². The number of likely N-dealkylation sites (N-methyl/N-ethyl adjacent to an activating group) is 1. The number of benzene rings is 2. The minimum Gasteiger partial charge on any atom is -0.491 e. The zero-order valence-electron chi connectivity index (χ0n) is 15.7.